The second kappa shape index (κ2) is 4.75. The van der Waals surface area contributed by atoms with Gasteiger partial charge in [0.15, 0.2) is 5.76 Å². The first-order valence-electron chi connectivity index (χ1n) is 5.20. The predicted molar refractivity (Wildman–Crippen MR) is 59.3 cm³/mol. The molecule has 0 amide bonds. The SMILES string of the molecule is Nc1ccn([C@H]2C[C@H](O)[C@@H](C(O)=CF)O2)c(=O)n1. The molecule has 0 aromatic carbocycles. The highest BCUT2D eigenvalue weighted by atomic mass is 19.1. The van der Waals surface area contributed by atoms with Crippen LogP contribution in [0.15, 0.2) is 29.1 Å². The number of nitrogens with two attached hydrogens (primary N) is 1. The van der Waals surface area contributed by atoms with Crippen molar-refractivity contribution in [3.63, 3.8) is 0 Å². The zero-order chi connectivity index (χ0) is 13.3. The highest BCUT2D eigenvalue weighted by Crippen LogP contribution is 2.30. The largest absolute Gasteiger partial charge is 0.507 e. The van der Waals surface area contributed by atoms with Gasteiger partial charge in [-0.25, -0.2) is 9.18 Å². The van der Waals surface area contributed by atoms with Crippen molar-refractivity contribution in [3.8, 4) is 0 Å². The van der Waals surface area contributed by atoms with E-state index in [2.05, 4.69) is 4.98 Å². The number of aliphatic hydroxyl groups is 2. The summed E-state index contributed by atoms with van der Waals surface area (Å²) in [5.74, 6) is -0.653. The summed E-state index contributed by atoms with van der Waals surface area (Å²) >= 11 is 0. The van der Waals surface area contributed by atoms with Crippen LogP contribution in [0.25, 0.3) is 0 Å². The van der Waals surface area contributed by atoms with E-state index in [-0.39, 0.29) is 18.6 Å². The molecule has 1 aliphatic rings. The maximum Gasteiger partial charge on any atom is 0.351 e. The minimum atomic E-state index is -1.19. The first kappa shape index (κ1) is 12.5. The lowest BCUT2D eigenvalue weighted by molar-refractivity contribution is -0.0205. The van der Waals surface area contributed by atoms with Crippen molar-refractivity contribution >= 4 is 5.82 Å². The summed E-state index contributed by atoms with van der Waals surface area (Å²) in [5.41, 5.74) is 4.70. The van der Waals surface area contributed by atoms with Gasteiger partial charge in [0.1, 0.15) is 24.5 Å². The number of aliphatic hydroxyl groups excluding tert-OH is 2. The van der Waals surface area contributed by atoms with Crippen LogP contribution in [-0.4, -0.2) is 32.0 Å². The van der Waals surface area contributed by atoms with Gasteiger partial charge in [-0.1, -0.05) is 0 Å². The van der Waals surface area contributed by atoms with Gasteiger partial charge in [0, 0.05) is 12.6 Å². The third-order valence-electron chi connectivity index (χ3n) is 2.66. The van der Waals surface area contributed by atoms with E-state index in [0.29, 0.717) is 0 Å². The van der Waals surface area contributed by atoms with Crippen LogP contribution in [0.2, 0.25) is 0 Å². The molecule has 0 aliphatic carbocycles. The molecule has 0 saturated carbocycles. The molecule has 1 aliphatic heterocycles. The van der Waals surface area contributed by atoms with Crippen molar-refractivity contribution in [2.24, 2.45) is 0 Å². The van der Waals surface area contributed by atoms with Crippen LogP contribution >= 0.6 is 0 Å². The second-order valence-corrected chi connectivity index (χ2v) is 3.89. The summed E-state index contributed by atoms with van der Waals surface area (Å²) in [6.07, 6.45) is -1.78. The lowest BCUT2D eigenvalue weighted by atomic mass is 10.1. The van der Waals surface area contributed by atoms with Crippen molar-refractivity contribution in [1.29, 1.82) is 0 Å². The number of hydrogen-bond acceptors (Lipinski definition) is 6. The molecule has 4 N–H and O–H groups in total. The molecule has 2 heterocycles. The Morgan fingerprint density at radius 1 is 1.72 bits per heavy atom. The van der Waals surface area contributed by atoms with Crippen molar-refractivity contribution in [2.75, 3.05) is 5.73 Å². The number of ether oxygens (including phenoxy) is 1. The van der Waals surface area contributed by atoms with Crippen LogP contribution in [0.3, 0.4) is 0 Å². The van der Waals surface area contributed by atoms with Crippen molar-refractivity contribution in [1.82, 2.24) is 9.55 Å². The average Bonchev–Trinajstić information content (AvgIpc) is 2.70. The Labute approximate surface area is 101 Å². The number of halogens is 1. The molecule has 1 fully saturated rings. The van der Waals surface area contributed by atoms with Gasteiger partial charge in [-0.2, -0.15) is 4.98 Å². The summed E-state index contributed by atoms with van der Waals surface area (Å²) in [7, 11) is 0. The van der Waals surface area contributed by atoms with Gasteiger partial charge in [0.05, 0.1) is 6.10 Å². The normalized spacial score (nSPS) is 28.6. The Bertz CT molecular complexity index is 530. The molecule has 0 spiro atoms. The van der Waals surface area contributed by atoms with E-state index in [1.165, 1.54) is 12.3 Å². The minimum Gasteiger partial charge on any atom is -0.507 e. The molecule has 1 saturated heterocycles. The van der Waals surface area contributed by atoms with E-state index in [1.807, 2.05) is 0 Å². The Hall–Kier alpha value is -1.93. The van der Waals surface area contributed by atoms with E-state index in [1.54, 1.807) is 0 Å². The van der Waals surface area contributed by atoms with Crippen LogP contribution in [0, 0.1) is 0 Å². The molecule has 2 rings (SSSR count). The van der Waals surface area contributed by atoms with Gasteiger partial charge >= 0.3 is 5.69 Å². The van der Waals surface area contributed by atoms with Gasteiger partial charge in [-0.3, -0.25) is 4.57 Å². The van der Waals surface area contributed by atoms with E-state index in [9.17, 15) is 19.4 Å². The molecule has 18 heavy (non-hydrogen) atoms. The lowest BCUT2D eigenvalue weighted by Crippen LogP contribution is -2.27. The molecule has 1 aromatic rings. The number of hydrogen-bond donors (Lipinski definition) is 3. The summed E-state index contributed by atoms with van der Waals surface area (Å²) in [6, 6.07) is 1.40. The lowest BCUT2D eigenvalue weighted by Gasteiger charge is -2.14. The number of aromatic nitrogens is 2. The van der Waals surface area contributed by atoms with E-state index in [0.717, 1.165) is 4.57 Å². The predicted octanol–water partition coefficient (Wildman–Crippen LogP) is -0.157. The molecule has 8 heteroatoms. The second-order valence-electron chi connectivity index (χ2n) is 3.89. The quantitative estimate of drug-likeness (QED) is 0.635. The highest BCUT2D eigenvalue weighted by molar-refractivity contribution is 5.23. The van der Waals surface area contributed by atoms with Crippen LogP contribution in [0.4, 0.5) is 10.2 Å². The van der Waals surface area contributed by atoms with Gasteiger partial charge in [0.25, 0.3) is 0 Å². The summed E-state index contributed by atoms with van der Waals surface area (Å²) in [4.78, 5) is 15.0. The topological polar surface area (TPSA) is 111 Å². The van der Waals surface area contributed by atoms with Gasteiger partial charge in [-0.15, -0.1) is 0 Å². The summed E-state index contributed by atoms with van der Waals surface area (Å²) in [5, 5.41) is 18.8. The van der Waals surface area contributed by atoms with Crippen LogP contribution < -0.4 is 11.4 Å². The van der Waals surface area contributed by atoms with E-state index < -0.39 is 29.9 Å². The Balaban J connectivity index is 2.25. The third-order valence-corrected chi connectivity index (χ3v) is 2.66. The van der Waals surface area contributed by atoms with Crippen molar-refractivity contribution in [2.45, 2.75) is 24.9 Å². The Morgan fingerprint density at radius 3 is 3.06 bits per heavy atom. The maximum absolute atomic E-state index is 12.2. The summed E-state index contributed by atoms with van der Waals surface area (Å²) in [6.45, 7) is 0. The fraction of sp³-hybridized carbons (Fsp3) is 0.400. The third kappa shape index (κ3) is 2.20. The molecule has 0 radical (unpaired) electrons. The maximum atomic E-state index is 12.2. The standard InChI is InChI=1S/C10H12FN3O4/c11-4-6(16)9-5(15)3-8(18-9)14-2-1-7(12)13-10(14)17/h1-2,4-5,8-9,15-16H,3H2,(H2,12,13,17)/t5-,8+,9-/m0/s1. The smallest absolute Gasteiger partial charge is 0.351 e. The Kier molecular flexibility index (Phi) is 3.30. The average molecular weight is 257 g/mol. The number of rotatable bonds is 2. The fourth-order valence-electron chi connectivity index (χ4n) is 1.80. The van der Waals surface area contributed by atoms with Crippen molar-refractivity contribution in [3.05, 3.63) is 34.8 Å². The van der Waals surface area contributed by atoms with Gasteiger partial charge < -0.3 is 20.7 Å². The first-order chi connectivity index (χ1) is 8.52. The van der Waals surface area contributed by atoms with Gasteiger partial charge in [0.2, 0.25) is 0 Å². The Morgan fingerprint density at radius 2 is 2.44 bits per heavy atom. The van der Waals surface area contributed by atoms with E-state index >= 15 is 0 Å². The molecule has 1 aromatic heterocycles. The monoisotopic (exact) mass is 257 g/mol. The molecular weight excluding hydrogens is 245 g/mol. The molecule has 0 bridgehead atoms. The molecule has 98 valence electrons. The molecule has 3 atom stereocenters. The first-order valence-corrected chi connectivity index (χ1v) is 5.20. The van der Waals surface area contributed by atoms with Crippen LogP contribution in [0.1, 0.15) is 12.6 Å². The fourth-order valence-corrected chi connectivity index (χ4v) is 1.80. The van der Waals surface area contributed by atoms with Crippen LogP contribution in [-0.2, 0) is 4.74 Å². The molecule has 7 nitrogen and oxygen atoms in total. The summed E-state index contributed by atoms with van der Waals surface area (Å²) < 4.78 is 18.5. The number of nitrogen functional groups attached to an aromatic ring is 1. The van der Waals surface area contributed by atoms with Crippen LogP contribution in [0.5, 0.6) is 0 Å². The number of nitrogens with zero attached hydrogens (tertiary/aromatic N) is 2. The number of anilines is 1. The zero-order valence-corrected chi connectivity index (χ0v) is 9.23. The zero-order valence-electron chi connectivity index (χ0n) is 9.23. The molecular formula is C10H12FN3O4. The molecule has 0 unspecified atom stereocenters. The van der Waals surface area contributed by atoms with Gasteiger partial charge in [-0.05, 0) is 6.07 Å². The van der Waals surface area contributed by atoms with E-state index in [4.69, 9.17) is 10.5 Å². The minimum absolute atomic E-state index is 0.0358. The van der Waals surface area contributed by atoms with Crippen molar-refractivity contribution < 1.29 is 19.3 Å². The highest BCUT2D eigenvalue weighted by Gasteiger charge is 2.38.